The molecule has 0 aliphatic carbocycles. The normalized spacial score (nSPS) is 11.2. The van der Waals surface area contributed by atoms with Crippen molar-refractivity contribution in [3.05, 3.63) is 64.1 Å². The van der Waals surface area contributed by atoms with Gasteiger partial charge in [-0.1, -0.05) is 0 Å². The molecule has 0 aliphatic rings. The summed E-state index contributed by atoms with van der Waals surface area (Å²) in [5.41, 5.74) is -1.01. The average Bonchev–Trinajstić information content (AvgIpc) is 2.48. The van der Waals surface area contributed by atoms with Crippen molar-refractivity contribution in [2.75, 3.05) is 5.32 Å². The number of Topliss-reactive ketones (excluding diaryl/α,β-unsaturated/α-hetero) is 1. The molecular weight excluding hydrogens is 325 g/mol. The molecule has 2 rings (SSSR count). The lowest BCUT2D eigenvalue weighted by Gasteiger charge is -2.10. The van der Waals surface area contributed by atoms with Crippen molar-refractivity contribution in [3.8, 4) is 0 Å². The van der Waals surface area contributed by atoms with Gasteiger partial charge in [0.25, 0.3) is 5.56 Å². The monoisotopic (exact) mass is 338 g/mol. The zero-order valence-corrected chi connectivity index (χ0v) is 12.6. The molecule has 0 fully saturated rings. The number of carbonyl (C=O) groups is 2. The summed E-state index contributed by atoms with van der Waals surface area (Å²) >= 11 is 0. The highest BCUT2D eigenvalue weighted by Crippen LogP contribution is 2.28. The van der Waals surface area contributed by atoms with Crippen LogP contribution in [0.4, 0.5) is 18.9 Å². The smallest absolute Gasteiger partial charge is 0.326 e. The first kappa shape index (κ1) is 17.5. The third-order valence-electron chi connectivity index (χ3n) is 3.15. The minimum absolute atomic E-state index is 0.216. The number of anilines is 1. The summed E-state index contributed by atoms with van der Waals surface area (Å²) in [6, 6.07) is 7.27. The molecule has 1 amide bonds. The third-order valence-corrected chi connectivity index (χ3v) is 3.15. The van der Waals surface area contributed by atoms with Crippen molar-refractivity contribution in [2.45, 2.75) is 19.6 Å². The third kappa shape index (κ3) is 4.31. The Hall–Kier alpha value is -2.90. The van der Waals surface area contributed by atoms with Gasteiger partial charge in [0.15, 0.2) is 5.78 Å². The molecule has 0 saturated heterocycles. The van der Waals surface area contributed by atoms with Crippen molar-refractivity contribution in [3.63, 3.8) is 0 Å². The number of nitrogens with zero attached hydrogens (tertiary/aromatic N) is 1. The van der Waals surface area contributed by atoms with E-state index >= 15 is 0 Å². The number of rotatable bonds is 4. The van der Waals surface area contributed by atoms with Gasteiger partial charge in [-0.3, -0.25) is 14.4 Å². The Morgan fingerprint density at radius 3 is 2.25 bits per heavy atom. The van der Waals surface area contributed by atoms with Crippen LogP contribution in [0.5, 0.6) is 0 Å². The minimum atomic E-state index is -4.60. The molecule has 0 bridgehead atoms. The largest absolute Gasteiger partial charge is 0.417 e. The van der Waals surface area contributed by atoms with Crippen molar-refractivity contribution in [1.82, 2.24) is 4.57 Å². The van der Waals surface area contributed by atoms with E-state index in [-0.39, 0.29) is 11.5 Å². The zero-order valence-electron chi connectivity index (χ0n) is 12.6. The number of hydrogen-bond acceptors (Lipinski definition) is 3. The van der Waals surface area contributed by atoms with E-state index in [1.54, 1.807) is 0 Å². The zero-order chi connectivity index (χ0) is 17.9. The lowest BCUT2D eigenvalue weighted by Crippen LogP contribution is -2.25. The molecule has 0 atom stereocenters. The van der Waals surface area contributed by atoms with Crippen LogP contribution in [-0.2, 0) is 17.5 Å². The van der Waals surface area contributed by atoms with E-state index in [1.807, 2.05) is 0 Å². The molecule has 0 saturated carbocycles. The first-order chi connectivity index (χ1) is 11.2. The van der Waals surface area contributed by atoms with Crippen molar-refractivity contribution in [1.29, 1.82) is 0 Å². The van der Waals surface area contributed by atoms with Crippen LogP contribution in [0.3, 0.4) is 0 Å². The summed E-state index contributed by atoms with van der Waals surface area (Å²) < 4.78 is 38.7. The van der Waals surface area contributed by atoms with Crippen LogP contribution in [0.2, 0.25) is 0 Å². The highest BCUT2D eigenvalue weighted by Gasteiger charge is 2.31. The highest BCUT2D eigenvalue weighted by molar-refractivity contribution is 5.96. The van der Waals surface area contributed by atoms with E-state index in [0.29, 0.717) is 22.5 Å². The van der Waals surface area contributed by atoms with Gasteiger partial charge in [-0.05, 0) is 30.3 Å². The standard InChI is InChI=1S/C16H13F3N2O3/c1-10(22)20-13-5-2-11(3-6-13)14(23)9-21-8-12(16(17,18)19)4-7-15(21)24/h2-8H,9H2,1H3,(H,20,22). The maximum absolute atomic E-state index is 12.7. The number of benzene rings is 1. The van der Waals surface area contributed by atoms with Gasteiger partial charge >= 0.3 is 6.18 Å². The number of pyridine rings is 1. The number of halogens is 3. The molecule has 2 aromatic rings. The van der Waals surface area contributed by atoms with Crippen LogP contribution in [0.1, 0.15) is 22.8 Å². The van der Waals surface area contributed by atoms with E-state index in [9.17, 15) is 27.6 Å². The number of amides is 1. The molecule has 1 N–H and O–H groups in total. The summed E-state index contributed by atoms with van der Waals surface area (Å²) in [7, 11) is 0. The van der Waals surface area contributed by atoms with Gasteiger partial charge < -0.3 is 9.88 Å². The van der Waals surface area contributed by atoms with Gasteiger partial charge in [-0.2, -0.15) is 13.2 Å². The fourth-order valence-corrected chi connectivity index (χ4v) is 2.01. The molecule has 24 heavy (non-hydrogen) atoms. The number of alkyl halides is 3. The number of ketones is 1. The Balaban J connectivity index is 2.20. The number of carbonyl (C=O) groups excluding carboxylic acids is 2. The molecular formula is C16H13F3N2O3. The highest BCUT2D eigenvalue weighted by atomic mass is 19.4. The minimum Gasteiger partial charge on any atom is -0.326 e. The predicted molar refractivity (Wildman–Crippen MR) is 80.8 cm³/mol. The summed E-state index contributed by atoms with van der Waals surface area (Å²) in [4.78, 5) is 34.7. The number of hydrogen-bond donors (Lipinski definition) is 1. The van der Waals surface area contributed by atoms with Crippen LogP contribution >= 0.6 is 0 Å². The maximum atomic E-state index is 12.7. The lowest BCUT2D eigenvalue weighted by atomic mass is 10.1. The van der Waals surface area contributed by atoms with Crippen molar-refractivity contribution < 1.29 is 22.8 Å². The van der Waals surface area contributed by atoms with Crippen LogP contribution < -0.4 is 10.9 Å². The first-order valence-corrected chi connectivity index (χ1v) is 6.85. The topological polar surface area (TPSA) is 68.2 Å². The molecule has 8 heteroatoms. The summed E-state index contributed by atoms with van der Waals surface area (Å²) in [5.74, 6) is -0.796. The SMILES string of the molecule is CC(=O)Nc1ccc(C(=O)Cn2cc(C(F)(F)F)ccc2=O)cc1. The number of aromatic nitrogens is 1. The van der Waals surface area contributed by atoms with E-state index in [1.165, 1.54) is 31.2 Å². The van der Waals surface area contributed by atoms with Gasteiger partial charge in [0.2, 0.25) is 5.91 Å². The van der Waals surface area contributed by atoms with E-state index in [4.69, 9.17) is 0 Å². The fraction of sp³-hybridized carbons (Fsp3) is 0.188. The van der Waals surface area contributed by atoms with Crippen molar-refractivity contribution >= 4 is 17.4 Å². The van der Waals surface area contributed by atoms with E-state index < -0.39 is 29.6 Å². The molecule has 0 radical (unpaired) electrons. The average molecular weight is 338 g/mol. The van der Waals surface area contributed by atoms with Gasteiger partial charge in [0.05, 0.1) is 12.1 Å². The quantitative estimate of drug-likeness (QED) is 0.872. The van der Waals surface area contributed by atoms with Gasteiger partial charge in [0.1, 0.15) is 0 Å². The first-order valence-electron chi connectivity index (χ1n) is 6.85. The van der Waals surface area contributed by atoms with Crippen LogP contribution in [0.25, 0.3) is 0 Å². The van der Waals surface area contributed by atoms with Gasteiger partial charge in [0, 0.05) is 30.4 Å². The molecule has 1 aromatic heterocycles. The molecule has 0 aliphatic heterocycles. The predicted octanol–water partition coefficient (Wildman–Crippen LogP) is 2.71. The van der Waals surface area contributed by atoms with Crippen LogP contribution in [0, 0.1) is 0 Å². The second-order valence-electron chi connectivity index (χ2n) is 5.06. The molecule has 1 aromatic carbocycles. The maximum Gasteiger partial charge on any atom is 0.417 e. The summed E-state index contributed by atoms with van der Waals surface area (Å²) in [6.45, 7) is 0.821. The summed E-state index contributed by atoms with van der Waals surface area (Å²) in [5, 5.41) is 2.52. The summed E-state index contributed by atoms with van der Waals surface area (Å²) in [6.07, 6.45) is -3.98. The Morgan fingerprint density at radius 2 is 1.71 bits per heavy atom. The van der Waals surface area contributed by atoms with Gasteiger partial charge in [-0.15, -0.1) is 0 Å². The molecule has 126 valence electrons. The lowest BCUT2D eigenvalue weighted by molar-refractivity contribution is -0.138. The van der Waals surface area contributed by atoms with Crippen LogP contribution in [-0.4, -0.2) is 16.3 Å². The Labute approximate surface area is 134 Å². The molecule has 5 nitrogen and oxygen atoms in total. The Morgan fingerprint density at radius 1 is 1.08 bits per heavy atom. The van der Waals surface area contributed by atoms with Crippen molar-refractivity contribution in [2.24, 2.45) is 0 Å². The second-order valence-corrected chi connectivity index (χ2v) is 5.06. The molecule has 0 spiro atoms. The fourth-order valence-electron chi connectivity index (χ4n) is 2.01. The van der Waals surface area contributed by atoms with Gasteiger partial charge in [-0.25, -0.2) is 0 Å². The van der Waals surface area contributed by atoms with Crippen LogP contribution in [0.15, 0.2) is 47.4 Å². The molecule has 0 unspecified atom stereocenters. The Kier molecular flexibility index (Phi) is 4.87. The van der Waals surface area contributed by atoms with E-state index in [0.717, 1.165) is 6.07 Å². The number of nitrogens with one attached hydrogen (secondary N) is 1. The molecule has 1 heterocycles. The van der Waals surface area contributed by atoms with E-state index in [2.05, 4.69) is 5.32 Å². The second kappa shape index (κ2) is 6.69. The Bertz CT molecular complexity index is 824.